The van der Waals surface area contributed by atoms with E-state index in [0.29, 0.717) is 19.6 Å². The molecule has 0 heterocycles. The van der Waals surface area contributed by atoms with E-state index in [-0.39, 0.29) is 6.03 Å². The monoisotopic (exact) mass is 182 g/mol. The van der Waals surface area contributed by atoms with Gasteiger partial charge < -0.3 is 9.80 Å². The molecule has 0 saturated carbocycles. The van der Waals surface area contributed by atoms with Gasteiger partial charge in [0.15, 0.2) is 0 Å². The first-order valence-corrected chi connectivity index (χ1v) is 4.39. The van der Waals surface area contributed by atoms with Crippen LogP contribution >= 0.6 is 0 Å². The van der Waals surface area contributed by atoms with Crippen molar-refractivity contribution in [3.05, 3.63) is 25.3 Å². The van der Waals surface area contributed by atoms with Crippen molar-refractivity contribution in [1.82, 2.24) is 9.80 Å². The van der Waals surface area contributed by atoms with Crippen molar-refractivity contribution >= 4 is 6.03 Å². The van der Waals surface area contributed by atoms with Crippen LogP contribution < -0.4 is 0 Å². The predicted molar refractivity (Wildman–Crippen MR) is 55.7 cm³/mol. The number of urea groups is 1. The Balaban J connectivity index is 4.25. The second kappa shape index (κ2) is 6.29. The Labute approximate surface area is 80.3 Å². The highest BCUT2D eigenvalue weighted by molar-refractivity contribution is 5.74. The molecule has 0 N–H and O–H groups in total. The lowest BCUT2D eigenvalue weighted by Crippen LogP contribution is -2.41. The van der Waals surface area contributed by atoms with E-state index < -0.39 is 0 Å². The molecule has 0 unspecified atom stereocenters. The van der Waals surface area contributed by atoms with E-state index in [9.17, 15) is 4.79 Å². The lowest BCUT2D eigenvalue weighted by atomic mass is 10.4. The predicted octanol–water partition coefficient (Wildman–Crippen LogP) is 1.73. The van der Waals surface area contributed by atoms with Gasteiger partial charge in [0.25, 0.3) is 0 Å². The number of carbonyl (C=O) groups is 1. The topological polar surface area (TPSA) is 23.6 Å². The Bertz CT molecular complexity index is 179. The molecule has 0 aromatic heterocycles. The molecule has 0 fully saturated rings. The van der Waals surface area contributed by atoms with Crippen LogP contribution in [0.2, 0.25) is 0 Å². The number of amides is 2. The van der Waals surface area contributed by atoms with Crippen molar-refractivity contribution in [2.45, 2.75) is 6.92 Å². The van der Waals surface area contributed by atoms with Crippen molar-refractivity contribution in [3.8, 4) is 0 Å². The molecule has 0 spiro atoms. The smallest absolute Gasteiger partial charge is 0.320 e. The summed E-state index contributed by atoms with van der Waals surface area (Å²) in [5.74, 6) is 0. The van der Waals surface area contributed by atoms with E-state index in [4.69, 9.17) is 0 Å². The highest BCUT2D eigenvalue weighted by atomic mass is 16.2. The number of carbonyl (C=O) groups excluding carboxylic acids is 1. The standard InChI is InChI=1S/C10H18N2O/c1-5-8-12(9-6-2)10(13)11(4)7-3/h5-6H,1-2,7-9H2,3-4H3. The zero-order chi connectivity index (χ0) is 10.3. The molecule has 0 bridgehead atoms. The number of hydrogen-bond donors (Lipinski definition) is 0. The van der Waals surface area contributed by atoms with Crippen LogP contribution in [0.15, 0.2) is 25.3 Å². The molecule has 0 aromatic carbocycles. The first-order valence-electron chi connectivity index (χ1n) is 4.39. The summed E-state index contributed by atoms with van der Waals surface area (Å²) in [6.07, 6.45) is 3.43. The first kappa shape index (κ1) is 11.8. The Kier molecular flexibility index (Phi) is 5.68. The van der Waals surface area contributed by atoms with Crippen LogP contribution in [0.1, 0.15) is 6.92 Å². The minimum absolute atomic E-state index is 0.0160. The third kappa shape index (κ3) is 3.78. The molecule has 3 nitrogen and oxygen atoms in total. The molecule has 2 amide bonds. The van der Waals surface area contributed by atoms with Crippen LogP contribution in [0.3, 0.4) is 0 Å². The minimum Gasteiger partial charge on any atom is -0.328 e. The third-order valence-electron chi connectivity index (χ3n) is 1.77. The highest BCUT2D eigenvalue weighted by Gasteiger charge is 2.13. The summed E-state index contributed by atoms with van der Waals surface area (Å²) in [4.78, 5) is 15.0. The van der Waals surface area contributed by atoms with Crippen LogP contribution in [-0.2, 0) is 0 Å². The van der Waals surface area contributed by atoms with Gasteiger partial charge in [-0.05, 0) is 6.92 Å². The molecule has 0 rings (SSSR count). The number of hydrogen-bond acceptors (Lipinski definition) is 1. The fourth-order valence-corrected chi connectivity index (χ4v) is 0.919. The molecule has 13 heavy (non-hydrogen) atoms. The van der Waals surface area contributed by atoms with Crippen LogP contribution in [0.4, 0.5) is 4.79 Å². The first-order chi connectivity index (χ1) is 6.17. The van der Waals surface area contributed by atoms with E-state index in [0.717, 1.165) is 0 Å². The Morgan fingerprint density at radius 1 is 1.31 bits per heavy atom. The average Bonchev–Trinajstić information content (AvgIpc) is 2.15. The SMILES string of the molecule is C=CCN(CC=C)C(=O)N(C)CC. The summed E-state index contributed by atoms with van der Waals surface area (Å²) in [6, 6.07) is 0.0160. The number of nitrogens with zero attached hydrogens (tertiary/aromatic N) is 2. The van der Waals surface area contributed by atoms with Gasteiger partial charge >= 0.3 is 6.03 Å². The van der Waals surface area contributed by atoms with Crippen LogP contribution in [0.25, 0.3) is 0 Å². The highest BCUT2D eigenvalue weighted by Crippen LogP contribution is 1.96. The van der Waals surface area contributed by atoms with E-state index >= 15 is 0 Å². The van der Waals surface area contributed by atoms with Crippen molar-refractivity contribution < 1.29 is 4.79 Å². The Morgan fingerprint density at radius 3 is 2.08 bits per heavy atom. The summed E-state index contributed by atoms with van der Waals surface area (Å²) < 4.78 is 0. The maximum atomic E-state index is 11.6. The van der Waals surface area contributed by atoms with Gasteiger partial charge in [-0.1, -0.05) is 12.2 Å². The molecule has 0 aliphatic heterocycles. The van der Waals surface area contributed by atoms with Crippen molar-refractivity contribution in [2.24, 2.45) is 0 Å². The molecular weight excluding hydrogens is 164 g/mol. The molecule has 0 aliphatic rings. The average molecular weight is 182 g/mol. The van der Waals surface area contributed by atoms with Crippen LogP contribution in [0.5, 0.6) is 0 Å². The Morgan fingerprint density at radius 2 is 1.77 bits per heavy atom. The molecule has 0 aromatic rings. The molecular formula is C10H18N2O. The lowest BCUT2D eigenvalue weighted by Gasteiger charge is -2.25. The zero-order valence-corrected chi connectivity index (χ0v) is 8.49. The van der Waals surface area contributed by atoms with Gasteiger partial charge in [-0.15, -0.1) is 13.2 Å². The van der Waals surface area contributed by atoms with Crippen molar-refractivity contribution in [1.29, 1.82) is 0 Å². The largest absolute Gasteiger partial charge is 0.328 e. The maximum absolute atomic E-state index is 11.6. The van der Waals surface area contributed by atoms with Gasteiger partial charge in [-0.25, -0.2) is 4.79 Å². The van der Waals surface area contributed by atoms with Crippen LogP contribution in [-0.4, -0.2) is 42.5 Å². The molecule has 0 saturated heterocycles. The molecule has 0 radical (unpaired) electrons. The molecule has 3 heteroatoms. The summed E-state index contributed by atoms with van der Waals surface area (Å²) in [6.45, 7) is 11.0. The fraction of sp³-hybridized carbons (Fsp3) is 0.500. The maximum Gasteiger partial charge on any atom is 0.320 e. The van der Waals surface area contributed by atoms with E-state index in [1.807, 2.05) is 6.92 Å². The quantitative estimate of drug-likeness (QED) is 0.594. The van der Waals surface area contributed by atoms with Gasteiger partial charge in [0.2, 0.25) is 0 Å². The summed E-state index contributed by atoms with van der Waals surface area (Å²) in [7, 11) is 1.78. The van der Waals surface area contributed by atoms with E-state index in [1.165, 1.54) is 0 Å². The van der Waals surface area contributed by atoms with Crippen LogP contribution in [0, 0.1) is 0 Å². The summed E-state index contributed by atoms with van der Waals surface area (Å²) in [5.41, 5.74) is 0. The molecule has 0 aliphatic carbocycles. The molecule has 0 atom stereocenters. The lowest BCUT2D eigenvalue weighted by molar-refractivity contribution is 0.175. The minimum atomic E-state index is 0.0160. The number of rotatable bonds is 5. The molecule has 74 valence electrons. The van der Waals surface area contributed by atoms with Gasteiger partial charge in [0.1, 0.15) is 0 Å². The van der Waals surface area contributed by atoms with E-state index in [2.05, 4.69) is 13.2 Å². The summed E-state index contributed by atoms with van der Waals surface area (Å²) in [5, 5.41) is 0. The second-order valence-corrected chi connectivity index (χ2v) is 2.78. The normalized spacial score (nSPS) is 9.08. The fourth-order valence-electron chi connectivity index (χ4n) is 0.919. The van der Waals surface area contributed by atoms with Gasteiger partial charge in [-0.3, -0.25) is 0 Å². The van der Waals surface area contributed by atoms with Gasteiger partial charge in [0.05, 0.1) is 0 Å². The van der Waals surface area contributed by atoms with Gasteiger partial charge in [0, 0.05) is 26.7 Å². The van der Waals surface area contributed by atoms with E-state index in [1.54, 1.807) is 29.0 Å². The third-order valence-corrected chi connectivity index (χ3v) is 1.77. The van der Waals surface area contributed by atoms with Crippen molar-refractivity contribution in [3.63, 3.8) is 0 Å². The van der Waals surface area contributed by atoms with Gasteiger partial charge in [-0.2, -0.15) is 0 Å². The summed E-state index contributed by atoms with van der Waals surface area (Å²) >= 11 is 0. The van der Waals surface area contributed by atoms with Crippen molar-refractivity contribution in [2.75, 3.05) is 26.7 Å². The Hall–Kier alpha value is -1.25. The zero-order valence-electron chi connectivity index (χ0n) is 8.49. The second-order valence-electron chi connectivity index (χ2n) is 2.78.